The van der Waals surface area contributed by atoms with Crippen molar-refractivity contribution < 1.29 is 13.2 Å². The lowest BCUT2D eigenvalue weighted by atomic mass is 10.0. The lowest BCUT2D eigenvalue weighted by Crippen LogP contribution is -2.53. The molecule has 2 amide bonds. The number of carbonyl (C=O) groups is 1. The average Bonchev–Trinajstić information content (AvgIpc) is 2.55. The van der Waals surface area contributed by atoms with Crippen LogP contribution in [-0.2, 0) is 9.84 Å². The fourth-order valence-corrected chi connectivity index (χ4v) is 4.29. The van der Waals surface area contributed by atoms with Crippen LogP contribution in [0.1, 0.15) is 25.7 Å². The fraction of sp³-hybridized carbons (Fsp3) is 0.909. The molecule has 2 unspecified atom stereocenters. The van der Waals surface area contributed by atoms with Gasteiger partial charge in [0.05, 0.1) is 5.25 Å². The Morgan fingerprint density at radius 3 is 2.33 bits per heavy atom. The van der Waals surface area contributed by atoms with Crippen LogP contribution < -0.4 is 5.32 Å². The molecule has 2 rings (SSSR count). The van der Waals surface area contributed by atoms with Crippen molar-refractivity contribution in [2.24, 2.45) is 0 Å². The maximum absolute atomic E-state index is 12.0. The molecule has 0 aliphatic carbocycles. The first-order valence-electron chi connectivity index (χ1n) is 6.24. The number of nitrogens with one attached hydrogen (secondary N) is 1. The molecule has 2 aliphatic rings. The molecule has 18 heavy (non-hydrogen) atoms. The normalized spacial score (nSPS) is 31.4. The van der Waals surface area contributed by atoms with Gasteiger partial charge in [0, 0.05) is 30.8 Å². The van der Waals surface area contributed by atoms with Crippen molar-refractivity contribution >= 4 is 27.5 Å². The van der Waals surface area contributed by atoms with Crippen molar-refractivity contribution in [1.82, 2.24) is 10.2 Å². The summed E-state index contributed by atoms with van der Waals surface area (Å²) in [7, 11) is -3.00. The molecular weight excluding hydrogens is 276 g/mol. The number of halogens is 1. The molecule has 0 aromatic rings. The van der Waals surface area contributed by atoms with Gasteiger partial charge in [0.1, 0.15) is 9.84 Å². The number of sulfone groups is 1. The summed E-state index contributed by atoms with van der Waals surface area (Å²) in [6.45, 7) is 0.450. The van der Waals surface area contributed by atoms with E-state index in [9.17, 15) is 13.2 Å². The van der Waals surface area contributed by atoms with Crippen molar-refractivity contribution in [3.63, 3.8) is 0 Å². The highest BCUT2D eigenvalue weighted by Gasteiger charge is 2.45. The fourth-order valence-electron chi connectivity index (χ4n) is 3.05. The number of piperidine rings is 1. The number of hydrogen-bond acceptors (Lipinski definition) is 3. The van der Waals surface area contributed by atoms with Gasteiger partial charge in [-0.25, -0.2) is 13.2 Å². The van der Waals surface area contributed by atoms with Gasteiger partial charge in [0.25, 0.3) is 0 Å². The Hall–Kier alpha value is -0.490. The number of fused-ring (bicyclic) bond motifs is 2. The second-order valence-corrected chi connectivity index (χ2v) is 7.84. The van der Waals surface area contributed by atoms with Gasteiger partial charge >= 0.3 is 6.03 Å². The Morgan fingerprint density at radius 2 is 1.89 bits per heavy atom. The minimum Gasteiger partial charge on any atom is -0.337 e. The van der Waals surface area contributed by atoms with Crippen LogP contribution in [0, 0.1) is 0 Å². The molecule has 104 valence electrons. The molecule has 0 aromatic carbocycles. The van der Waals surface area contributed by atoms with E-state index < -0.39 is 9.84 Å². The second kappa shape index (κ2) is 5.25. The first-order chi connectivity index (χ1) is 8.43. The highest BCUT2D eigenvalue weighted by Crippen LogP contribution is 2.37. The molecular formula is C11H19ClN2O3S. The molecule has 0 aromatic heterocycles. The van der Waals surface area contributed by atoms with E-state index in [1.54, 1.807) is 0 Å². The van der Waals surface area contributed by atoms with Crippen molar-refractivity contribution in [2.75, 3.05) is 18.7 Å². The first kappa shape index (κ1) is 13.9. The minimum absolute atomic E-state index is 0.0683. The van der Waals surface area contributed by atoms with Gasteiger partial charge < -0.3 is 10.2 Å². The molecule has 2 bridgehead atoms. The van der Waals surface area contributed by atoms with Crippen LogP contribution in [-0.4, -0.2) is 55.4 Å². The summed E-state index contributed by atoms with van der Waals surface area (Å²) >= 11 is 5.54. The van der Waals surface area contributed by atoms with E-state index >= 15 is 0 Å². The van der Waals surface area contributed by atoms with Gasteiger partial charge in [0.15, 0.2) is 0 Å². The summed E-state index contributed by atoms with van der Waals surface area (Å²) in [4.78, 5) is 13.8. The van der Waals surface area contributed by atoms with Gasteiger partial charge in [-0.2, -0.15) is 0 Å². The Kier molecular flexibility index (Phi) is 4.06. The number of nitrogens with zero attached hydrogens (tertiary/aromatic N) is 1. The molecule has 0 spiro atoms. The third kappa shape index (κ3) is 2.74. The Morgan fingerprint density at radius 1 is 1.33 bits per heavy atom. The standard InChI is InChI=1S/C11H19ClN2O3S/c1-18(16,17)10-6-8-2-3-9(7-10)14(8)11(15)13-5-4-12/h8-10H,2-7H2,1H3,(H,13,15). The van der Waals surface area contributed by atoms with E-state index in [4.69, 9.17) is 11.6 Å². The van der Waals surface area contributed by atoms with E-state index in [-0.39, 0.29) is 23.4 Å². The summed E-state index contributed by atoms with van der Waals surface area (Å²) < 4.78 is 23.2. The highest BCUT2D eigenvalue weighted by molar-refractivity contribution is 7.91. The molecule has 0 radical (unpaired) electrons. The molecule has 2 atom stereocenters. The molecule has 1 N–H and O–H groups in total. The van der Waals surface area contributed by atoms with E-state index in [1.807, 2.05) is 4.90 Å². The van der Waals surface area contributed by atoms with Crippen molar-refractivity contribution in [3.05, 3.63) is 0 Å². The summed E-state index contributed by atoms with van der Waals surface area (Å²) in [6.07, 6.45) is 4.25. The van der Waals surface area contributed by atoms with Gasteiger partial charge in [-0.3, -0.25) is 0 Å². The van der Waals surface area contributed by atoms with Crippen LogP contribution >= 0.6 is 11.6 Å². The Bertz CT molecular complexity index is 412. The minimum atomic E-state index is -3.00. The SMILES string of the molecule is CS(=O)(=O)C1CC2CCC(C1)N2C(=O)NCCCl. The van der Waals surface area contributed by atoms with Gasteiger partial charge in [-0.1, -0.05) is 0 Å². The highest BCUT2D eigenvalue weighted by atomic mass is 35.5. The average molecular weight is 295 g/mol. The number of rotatable bonds is 3. The summed E-state index contributed by atoms with van der Waals surface area (Å²) in [5, 5.41) is 2.48. The molecule has 7 heteroatoms. The van der Waals surface area contributed by atoms with E-state index in [2.05, 4.69) is 5.32 Å². The number of carbonyl (C=O) groups excluding carboxylic acids is 1. The zero-order valence-corrected chi connectivity index (χ0v) is 12.0. The number of alkyl halides is 1. The Balaban J connectivity index is 2.04. The molecule has 2 saturated heterocycles. The second-order valence-electron chi connectivity index (χ2n) is 5.14. The summed E-state index contributed by atoms with van der Waals surface area (Å²) in [5.74, 6) is 0.390. The van der Waals surface area contributed by atoms with Crippen LogP contribution in [0.4, 0.5) is 4.79 Å². The first-order valence-corrected chi connectivity index (χ1v) is 8.73. The molecule has 2 aliphatic heterocycles. The predicted octanol–water partition coefficient (Wildman–Crippen LogP) is 0.975. The van der Waals surface area contributed by atoms with Crippen LogP contribution in [0.2, 0.25) is 0 Å². The Labute approximate surface area is 113 Å². The molecule has 2 heterocycles. The van der Waals surface area contributed by atoms with E-state index in [0.717, 1.165) is 12.8 Å². The van der Waals surface area contributed by atoms with Crippen LogP contribution in [0.3, 0.4) is 0 Å². The van der Waals surface area contributed by atoms with E-state index in [0.29, 0.717) is 25.3 Å². The van der Waals surface area contributed by atoms with Crippen molar-refractivity contribution in [3.8, 4) is 0 Å². The third-order valence-electron chi connectivity index (χ3n) is 3.90. The quantitative estimate of drug-likeness (QED) is 0.789. The summed E-state index contributed by atoms with van der Waals surface area (Å²) in [5.41, 5.74) is 0. The maximum Gasteiger partial charge on any atom is 0.317 e. The zero-order chi connectivity index (χ0) is 13.3. The monoisotopic (exact) mass is 294 g/mol. The van der Waals surface area contributed by atoms with E-state index in [1.165, 1.54) is 6.26 Å². The topological polar surface area (TPSA) is 66.5 Å². The number of amides is 2. The number of urea groups is 1. The molecule has 5 nitrogen and oxygen atoms in total. The smallest absolute Gasteiger partial charge is 0.317 e. The van der Waals surface area contributed by atoms with Crippen LogP contribution in [0.25, 0.3) is 0 Å². The zero-order valence-electron chi connectivity index (χ0n) is 10.4. The van der Waals surface area contributed by atoms with Crippen LogP contribution in [0.15, 0.2) is 0 Å². The van der Waals surface area contributed by atoms with Gasteiger partial charge in [-0.15, -0.1) is 11.6 Å². The largest absolute Gasteiger partial charge is 0.337 e. The summed E-state index contributed by atoms with van der Waals surface area (Å²) in [6, 6.07) is 0.0349. The van der Waals surface area contributed by atoms with Gasteiger partial charge in [-0.05, 0) is 25.7 Å². The maximum atomic E-state index is 12.0. The van der Waals surface area contributed by atoms with Crippen LogP contribution in [0.5, 0.6) is 0 Å². The number of hydrogen-bond donors (Lipinski definition) is 1. The van der Waals surface area contributed by atoms with Crippen molar-refractivity contribution in [1.29, 1.82) is 0 Å². The molecule has 2 fully saturated rings. The molecule has 0 saturated carbocycles. The van der Waals surface area contributed by atoms with Gasteiger partial charge in [0.2, 0.25) is 0 Å². The third-order valence-corrected chi connectivity index (χ3v) is 5.69. The lowest BCUT2D eigenvalue weighted by Gasteiger charge is -2.38. The lowest BCUT2D eigenvalue weighted by molar-refractivity contribution is 0.148. The predicted molar refractivity (Wildman–Crippen MR) is 70.6 cm³/mol. The van der Waals surface area contributed by atoms with Crippen molar-refractivity contribution in [2.45, 2.75) is 43.0 Å².